The molecule has 102 valence electrons. The second-order valence-electron chi connectivity index (χ2n) is 5.89. The lowest BCUT2D eigenvalue weighted by Gasteiger charge is -2.18. The van der Waals surface area contributed by atoms with E-state index in [2.05, 4.69) is 4.98 Å². The van der Waals surface area contributed by atoms with Gasteiger partial charge in [-0.25, -0.2) is 4.98 Å². The maximum atomic E-state index is 12.2. The maximum absolute atomic E-state index is 12.2. The Labute approximate surface area is 113 Å². The highest BCUT2D eigenvalue weighted by Gasteiger charge is 2.24. The molecule has 0 saturated heterocycles. The van der Waals surface area contributed by atoms with Crippen molar-refractivity contribution in [2.75, 3.05) is 0 Å². The fourth-order valence-electron chi connectivity index (χ4n) is 1.96. The highest BCUT2D eigenvalue weighted by Crippen LogP contribution is 2.23. The van der Waals surface area contributed by atoms with Gasteiger partial charge in [0.25, 0.3) is 0 Å². The summed E-state index contributed by atoms with van der Waals surface area (Å²) in [5.74, 6) is 0.663. The molecule has 0 radical (unpaired) electrons. The molecule has 0 amide bonds. The Morgan fingerprint density at radius 3 is 2.58 bits per heavy atom. The molecule has 1 aromatic carbocycles. The number of Topliss-reactive ketones (excluding diaryl/α,β-unsaturated/α-hetero) is 1. The topological polar surface area (TPSA) is 55.1 Å². The Hall–Kier alpha value is -1.68. The second kappa shape index (κ2) is 4.78. The molecule has 4 heteroatoms. The summed E-state index contributed by atoms with van der Waals surface area (Å²) >= 11 is 0. The lowest BCUT2D eigenvalue weighted by atomic mass is 9.91. The summed E-state index contributed by atoms with van der Waals surface area (Å²) in [7, 11) is 0. The number of carbonyl (C=O) groups is 1. The molecule has 0 spiro atoms. The number of aliphatic hydroxyl groups is 1. The third kappa shape index (κ3) is 2.68. The van der Waals surface area contributed by atoms with Gasteiger partial charge in [-0.05, 0) is 19.1 Å². The van der Waals surface area contributed by atoms with Crippen molar-refractivity contribution in [3.63, 3.8) is 0 Å². The number of fused-ring (bicyclic) bond motifs is 1. The Kier molecular flexibility index (Phi) is 3.45. The van der Waals surface area contributed by atoms with Crippen LogP contribution in [0.1, 0.15) is 39.6 Å². The Morgan fingerprint density at radius 1 is 1.37 bits per heavy atom. The van der Waals surface area contributed by atoms with Gasteiger partial charge in [0.05, 0.1) is 17.6 Å². The third-order valence-corrected chi connectivity index (χ3v) is 3.20. The number of imidazole rings is 1. The van der Waals surface area contributed by atoms with Crippen molar-refractivity contribution in [3.8, 4) is 0 Å². The first-order valence-corrected chi connectivity index (χ1v) is 6.47. The molecule has 1 atom stereocenters. The summed E-state index contributed by atoms with van der Waals surface area (Å²) in [6, 6.07) is 7.62. The largest absolute Gasteiger partial charge is 0.385 e. The van der Waals surface area contributed by atoms with Crippen molar-refractivity contribution in [2.45, 2.75) is 40.3 Å². The number of nitrogens with zero attached hydrogens (tertiary/aromatic N) is 2. The third-order valence-electron chi connectivity index (χ3n) is 3.20. The lowest BCUT2D eigenvalue weighted by molar-refractivity contribution is -0.126. The molecule has 0 aliphatic rings. The van der Waals surface area contributed by atoms with Gasteiger partial charge in [-0.1, -0.05) is 32.9 Å². The van der Waals surface area contributed by atoms with E-state index in [0.29, 0.717) is 5.82 Å². The van der Waals surface area contributed by atoms with Crippen LogP contribution in [0.5, 0.6) is 0 Å². The van der Waals surface area contributed by atoms with Gasteiger partial charge in [-0.15, -0.1) is 0 Å². The van der Waals surface area contributed by atoms with Gasteiger partial charge in [0.2, 0.25) is 0 Å². The van der Waals surface area contributed by atoms with E-state index in [4.69, 9.17) is 0 Å². The quantitative estimate of drug-likeness (QED) is 0.923. The minimum Gasteiger partial charge on any atom is -0.385 e. The highest BCUT2D eigenvalue weighted by molar-refractivity contribution is 5.85. The first kappa shape index (κ1) is 13.7. The summed E-state index contributed by atoms with van der Waals surface area (Å²) in [6.07, 6.45) is -0.694. The zero-order valence-electron chi connectivity index (χ0n) is 11.8. The minimum atomic E-state index is -0.694. The summed E-state index contributed by atoms with van der Waals surface area (Å²) in [4.78, 5) is 16.6. The molecule has 0 aliphatic heterocycles. The molecule has 2 aromatic rings. The zero-order chi connectivity index (χ0) is 14.2. The average molecular weight is 260 g/mol. The molecule has 1 heterocycles. The molecule has 1 unspecified atom stereocenters. The van der Waals surface area contributed by atoms with Gasteiger partial charge in [-0.2, -0.15) is 0 Å². The fourth-order valence-corrected chi connectivity index (χ4v) is 1.96. The normalized spacial score (nSPS) is 13.7. The van der Waals surface area contributed by atoms with Crippen molar-refractivity contribution < 1.29 is 9.90 Å². The van der Waals surface area contributed by atoms with E-state index < -0.39 is 11.5 Å². The first-order valence-electron chi connectivity index (χ1n) is 6.47. The standard InChI is InChI=1S/C15H20N2O2/c1-10(18)14-16-11-7-5-6-8-12(11)17(14)9-13(19)15(2,3)4/h5-8,10,18H,9H2,1-4H3. The number of benzene rings is 1. The van der Waals surface area contributed by atoms with E-state index in [0.717, 1.165) is 11.0 Å². The zero-order valence-corrected chi connectivity index (χ0v) is 11.8. The minimum absolute atomic E-state index is 0.123. The molecule has 1 N–H and O–H groups in total. The van der Waals surface area contributed by atoms with Gasteiger partial charge in [0, 0.05) is 5.41 Å². The van der Waals surface area contributed by atoms with E-state index >= 15 is 0 Å². The molecule has 0 fully saturated rings. The number of aliphatic hydroxyl groups excluding tert-OH is 1. The van der Waals surface area contributed by atoms with Crippen LogP contribution < -0.4 is 0 Å². The van der Waals surface area contributed by atoms with E-state index in [1.807, 2.05) is 49.6 Å². The lowest BCUT2D eigenvalue weighted by Crippen LogP contribution is -2.26. The summed E-state index contributed by atoms with van der Waals surface area (Å²) in [5, 5.41) is 9.83. The number of rotatable bonds is 3. The number of hydrogen-bond donors (Lipinski definition) is 1. The van der Waals surface area contributed by atoms with Crippen LogP contribution in [0, 0.1) is 5.41 Å². The molecule has 4 nitrogen and oxygen atoms in total. The molecule has 1 aromatic heterocycles. The van der Waals surface area contributed by atoms with Crippen molar-refractivity contribution in [2.24, 2.45) is 5.41 Å². The van der Waals surface area contributed by atoms with E-state index in [1.54, 1.807) is 6.92 Å². The van der Waals surface area contributed by atoms with Crippen molar-refractivity contribution >= 4 is 16.8 Å². The van der Waals surface area contributed by atoms with Gasteiger partial charge >= 0.3 is 0 Å². The molecule has 19 heavy (non-hydrogen) atoms. The van der Waals surface area contributed by atoms with E-state index in [9.17, 15) is 9.90 Å². The number of para-hydroxylation sites is 2. The van der Waals surface area contributed by atoms with Crippen LogP contribution in [-0.2, 0) is 11.3 Å². The number of carbonyl (C=O) groups excluding carboxylic acids is 1. The number of hydrogen-bond acceptors (Lipinski definition) is 3. The van der Waals surface area contributed by atoms with Crippen LogP contribution in [0.4, 0.5) is 0 Å². The SMILES string of the molecule is CC(O)c1nc2ccccc2n1CC(=O)C(C)(C)C. The first-order chi connectivity index (χ1) is 8.80. The maximum Gasteiger partial charge on any atom is 0.157 e. The molecule has 0 aliphatic carbocycles. The summed E-state index contributed by atoms with van der Waals surface area (Å²) in [6.45, 7) is 7.60. The van der Waals surface area contributed by atoms with Gasteiger partial charge in [0.1, 0.15) is 11.9 Å². The van der Waals surface area contributed by atoms with Crippen LogP contribution in [-0.4, -0.2) is 20.4 Å². The molecule has 2 rings (SSSR count). The van der Waals surface area contributed by atoms with Crippen molar-refractivity contribution in [1.82, 2.24) is 9.55 Å². The number of aromatic nitrogens is 2. The van der Waals surface area contributed by atoms with Gasteiger partial charge < -0.3 is 9.67 Å². The second-order valence-corrected chi connectivity index (χ2v) is 5.89. The predicted octanol–water partition coefficient (Wildman–Crippen LogP) is 2.70. The molecule has 0 bridgehead atoms. The van der Waals surface area contributed by atoms with Crippen LogP contribution in [0.2, 0.25) is 0 Å². The summed E-state index contributed by atoms with van der Waals surface area (Å²) < 4.78 is 1.81. The fraction of sp³-hybridized carbons (Fsp3) is 0.467. The van der Waals surface area contributed by atoms with Crippen LogP contribution in [0.3, 0.4) is 0 Å². The summed E-state index contributed by atoms with van der Waals surface area (Å²) in [5.41, 5.74) is 1.29. The van der Waals surface area contributed by atoms with Crippen molar-refractivity contribution in [1.29, 1.82) is 0 Å². The molecular weight excluding hydrogens is 240 g/mol. The van der Waals surface area contributed by atoms with Crippen LogP contribution in [0.15, 0.2) is 24.3 Å². The van der Waals surface area contributed by atoms with Crippen LogP contribution in [0.25, 0.3) is 11.0 Å². The smallest absolute Gasteiger partial charge is 0.157 e. The Morgan fingerprint density at radius 2 is 2.00 bits per heavy atom. The monoisotopic (exact) mass is 260 g/mol. The van der Waals surface area contributed by atoms with Gasteiger partial charge in [0.15, 0.2) is 5.78 Å². The van der Waals surface area contributed by atoms with E-state index in [-0.39, 0.29) is 12.3 Å². The van der Waals surface area contributed by atoms with Crippen molar-refractivity contribution in [3.05, 3.63) is 30.1 Å². The molecular formula is C15H20N2O2. The van der Waals surface area contributed by atoms with Gasteiger partial charge in [-0.3, -0.25) is 4.79 Å². The van der Waals surface area contributed by atoms with E-state index in [1.165, 1.54) is 0 Å². The Balaban J connectivity index is 2.51. The predicted molar refractivity (Wildman–Crippen MR) is 74.8 cm³/mol. The molecule has 0 saturated carbocycles. The Bertz CT molecular complexity index is 606. The number of ketones is 1. The highest BCUT2D eigenvalue weighted by atomic mass is 16.3. The average Bonchev–Trinajstić information content (AvgIpc) is 2.67. The van der Waals surface area contributed by atoms with Crippen LogP contribution >= 0.6 is 0 Å².